The third-order valence-corrected chi connectivity index (χ3v) is 3.25. The van der Waals surface area contributed by atoms with E-state index in [4.69, 9.17) is 21.4 Å². The third-order valence-electron chi connectivity index (χ3n) is 2.46. The highest BCUT2D eigenvalue weighted by molar-refractivity contribution is 9.10. The molecule has 0 unspecified atom stereocenters. The lowest BCUT2D eigenvalue weighted by atomic mass is 9.90. The van der Waals surface area contributed by atoms with Crippen molar-refractivity contribution in [3.8, 4) is 5.75 Å². The molecule has 0 aliphatic heterocycles. The molecule has 0 radical (unpaired) electrons. The SMILES string of the molecule is CC(C)(CCOc1ccc(Br)cc1Cl)C(=O)O. The summed E-state index contributed by atoms with van der Waals surface area (Å²) in [5.41, 5.74) is -0.790. The van der Waals surface area contributed by atoms with E-state index in [9.17, 15) is 4.79 Å². The average Bonchev–Trinajstić information content (AvgIpc) is 2.21. The number of rotatable bonds is 5. The standard InChI is InChI=1S/C12H14BrClO3/c1-12(2,11(15)16)5-6-17-10-4-3-8(13)7-9(10)14/h3-4,7H,5-6H2,1-2H3,(H,15,16). The molecule has 1 aromatic rings. The maximum atomic E-state index is 10.9. The molecule has 0 bridgehead atoms. The van der Waals surface area contributed by atoms with Crippen LogP contribution in [0, 0.1) is 5.41 Å². The zero-order valence-corrected chi connectivity index (χ0v) is 12.0. The summed E-state index contributed by atoms with van der Waals surface area (Å²) in [6.45, 7) is 3.66. The van der Waals surface area contributed by atoms with Gasteiger partial charge in [-0.3, -0.25) is 4.79 Å². The molecule has 0 aliphatic rings. The first kappa shape index (κ1) is 14.3. The Morgan fingerprint density at radius 3 is 2.71 bits per heavy atom. The summed E-state index contributed by atoms with van der Waals surface area (Å²) >= 11 is 9.27. The molecule has 17 heavy (non-hydrogen) atoms. The minimum atomic E-state index is -0.831. The lowest BCUT2D eigenvalue weighted by molar-refractivity contribution is -0.147. The maximum absolute atomic E-state index is 10.9. The highest BCUT2D eigenvalue weighted by Gasteiger charge is 2.26. The van der Waals surface area contributed by atoms with E-state index in [1.165, 1.54) is 0 Å². The molecule has 3 nitrogen and oxygen atoms in total. The van der Waals surface area contributed by atoms with Gasteiger partial charge in [-0.05, 0) is 38.5 Å². The number of carbonyl (C=O) groups is 1. The summed E-state index contributed by atoms with van der Waals surface area (Å²) in [7, 11) is 0. The van der Waals surface area contributed by atoms with E-state index in [1.807, 2.05) is 6.07 Å². The second-order valence-corrected chi connectivity index (χ2v) is 5.69. The predicted octanol–water partition coefficient (Wildman–Crippen LogP) is 3.98. The van der Waals surface area contributed by atoms with E-state index in [2.05, 4.69) is 15.9 Å². The first-order chi connectivity index (χ1) is 7.83. The first-order valence-electron chi connectivity index (χ1n) is 5.14. The monoisotopic (exact) mass is 320 g/mol. The van der Waals surface area contributed by atoms with E-state index < -0.39 is 11.4 Å². The molecule has 1 N–H and O–H groups in total. The topological polar surface area (TPSA) is 46.5 Å². The highest BCUT2D eigenvalue weighted by atomic mass is 79.9. The Balaban J connectivity index is 2.54. The van der Waals surface area contributed by atoms with Crippen molar-refractivity contribution in [3.63, 3.8) is 0 Å². The van der Waals surface area contributed by atoms with Crippen molar-refractivity contribution in [1.82, 2.24) is 0 Å². The number of hydrogen-bond donors (Lipinski definition) is 1. The smallest absolute Gasteiger partial charge is 0.309 e. The average molecular weight is 322 g/mol. The Hall–Kier alpha value is -0.740. The lowest BCUT2D eigenvalue weighted by Crippen LogP contribution is -2.25. The molecule has 94 valence electrons. The van der Waals surface area contributed by atoms with Crippen LogP contribution in [0.25, 0.3) is 0 Å². The summed E-state index contributed by atoms with van der Waals surface area (Å²) in [4.78, 5) is 10.9. The van der Waals surface area contributed by atoms with Crippen LogP contribution >= 0.6 is 27.5 Å². The van der Waals surface area contributed by atoms with E-state index in [0.717, 1.165) is 4.47 Å². The van der Waals surface area contributed by atoms with Crippen LogP contribution < -0.4 is 4.74 Å². The van der Waals surface area contributed by atoms with Crippen LogP contribution in [0.3, 0.4) is 0 Å². The Labute approximate surface area is 114 Å². The van der Waals surface area contributed by atoms with Crippen molar-refractivity contribution in [2.24, 2.45) is 5.41 Å². The van der Waals surface area contributed by atoms with Crippen LogP contribution in [0.1, 0.15) is 20.3 Å². The zero-order valence-electron chi connectivity index (χ0n) is 9.67. The molecule has 0 spiro atoms. The number of ether oxygens (including phenoxy) is 1. The van der Waals surface area contributed by atoms with Gasteiger partial charge in [0.15, 0.2) is 0 Å². The molecule has 0 heterocycles. The van der Waals surface area contributed by atoms with Crippen LogP contribution in [0.2, 0.25) is 5.02 Å². The third kappa shape index (κ3) is 4.21. The largest absolute Gasteiger partial charge is 0.492 e. The van der Waals surface area contributed by atoms with Gasteiger partial charge in [0.25, 0.3) is 0 Å². The lowest BCUT2D eigenvalue weighted by Gasteiger charge is -2.19. The van der Waals surface area contributed by atoms with Gasteiger partial charge in [0.1, 0.15) is 5.75 Å². The Kier molecular flexibility index (Phi) is 4.83. The van der Waals surface area contributed by atoms with Gasteiger partial charge in [-0.1, -0.05) is 27.5 Å². The fraction of sp³-hybridized carbons (Fsp3) is 0.417. The van der Waals surface area contributed by atoms with Crippen molar-refractivity contribution < 1.29 is 14.6 Å². The second kappa shape index (κ2) is 5.74. The van der Waals surface area contributed by atoms with Gasteiger partial charge in [0.2, 0.25) is 0 Å². The van der Waals surface area contributed by atoms with Crippen molar-refractivity contribution in [2.75, 3.05) is 6.61 Å². The predicted molar refractivity (Wildman–Crippen MR) is 70.7 cm³/mol. The van der Waals surface area contributed by atoms with Crippen molar-refractivity contribution in [3.05, 3.63) is 27.7 Å². The van der Waals surface area contributed by atoms with Gasteiger partial charge in [-0.2, -0.15) is 0 Å². The van der Waals surface area contributed by atoms with Crippen LogP contribution in [-0.4, -0.2) is 17.7 Å². The molecule has 5 heteroatoms. The normalized spacial score (nSPS) is 11.3. The number of halogens is 2. The molecule has 0 fully saturated rings. The van der Waals surface area contributed by atoms with E-state index in [1.54, 1.807) is 26.0 Å². The quantitative estimate of drug-likeness (QED) is 0.892. The minimum Gasteiger partial charge on any atom is -0.492 e. The van der Waals surface area contributed by atoms with E-state index in [0.29, 0.717) is 23.8 Å². The van der Waals surface area contributed by atoms with Gasteiger partial charge in [0, 0.05) is 4.47 Å². The molecular formula is C12H14BrClO3. The molecule has 0 saturated heterocycles. The maximum Gasteiger partial charge on any atom is 0.309 e. The molecule has 1 rings (SSSR count). The Morgan fingerprint density at radius 1 is 1.53 bits per heavy atom. The molecule has 0 amide bonds. The molecule has 0 atom stereocenters. The van der Waals surface area contributed by atoms with Crippen molar-refractivity contribution in [1.29, 1.82) is 0 Å². The molecule has 0 aliphatic carbocycles. The van der Waals surface area contributed by atoms with Gasteiger partial charge in [-0.15, -0.1) is 0 Å². The van der Waals surface area contributed by atoms with Crippen LogP contribution in [0.15, 0.2) is 22.7 Å². The Bertz CT molecular complexity index is 418. The minimum absolute atomic E-state index is 0.320. The molecule has 1 aromatic carbocycles. The van der Waals surface area contributed by atoms with Crippen LogP contribution in [0.4, 0.5) is 0 Å². The summed E-state index contributed by atoms with van der Waals surface area (Å²) in [6.07, 6.45) is 0.425. The van der Waals surface area contributed by atoms with Gasteiger partial charge >= 0.3 is 5.97 Å². The molecule has 0 saturated carbocycles. The summed E-state index contributed by atoms with van der Waals surface area (Å²) < 4.78 is 6.34. The number of benzene rings is 1. The van der Waals surface area contributed by atoms with Gasteiger partial charge in [-0.25, -0.2) is 0 Å². The van der Waals surface area contributed by atoms with Crippen molar-refractivity contribution >= 4 is 33.5 Å². The highest BCUT2D eigenvalue weighted by Crippen LogP contribution is 2.29. The fourth-order valence-corrected chi connectivity index (χ4v) is 1.84. The summed E-state index contributed by atoms with van der Waals surface area (Å²) in [6, 6.07) is 5.31. The molecule has 0 aromatic heterocycles. The van der Waals surface area contributed by atoms with E-state index in [-0.39, 0.29) is 0 Å². The van der Waals surface area contributed by atoms with Gasteiger partial charge in [0.05, 0.1) is 17.0 Å². The van der Waals surface area contributed by atoms with Crippen LogP contribution in [-0.2, 0) is 4.79 Å². The summed E-state index contributed by atoms with van der Waals surface area (Å²) in [5, 5.41) is 9.45. The van der Waals surface area contributed by atoms with Gasteiger partial charge < -0.3 is 9.84 Å². The Morgan fingerprint density at radius 2 is 2.18 bits per heavy atom. The van der Waals surface area contributed by atoms with E-state index >= 15 is 0 Å². The number of hydrogen-bond acceptors (Lipinski definition) is 2. The first-order valence-corrected chi connectivity index (χ1v) is 6.31. The van der Waals surface area contributed by atoms with Crippen molar-refractivity contribution in [2.45, 2.75) is 20.3 Å². The number of aliphatic carboxylic acids is 1. The second-order valence-electron chi connectivity index (χ2n) is 4.36. The fourth-order valence-electron chi connectivity index (χ4n) is 1.12. The number of carboxylic acids is 1. The number of carboxylic acid groups (broad SMARTS) is 1. The molecular weight excluding hydrogens is 307 g/mol. The summed E-state index contributed by atoms with van der Waals surface area (Å²) in [5.74, 6) is -0.265. The van der Waals surface area contributed by atoms with Crippen LogP contribution in [0.5, 0.6) is 5.75 Å². The zero-order chi connectivity index (χ0) is 13.1.